The van der Waals surface area contributed by atoms with Crippen molar-refractivity contribution < 1.29 is 88.3 Å². The molecule has 1 saturated heterocycles. The number of aromatic nitrogens is 6. The third-order valence-corrected chi connectivity index (χ3v) is 16.6. The molecule has 40 heteroatoms. The number of ether oxygens (including phenoxy) is 4. The standard InChI is InChI=1S/C13H20BNO3.C10H12N4O.C7H4BrF2NO3.C7H6BrF2NO.C6H4BrNO3.C5H10BrF2O3P.C3H4BrN3.C2H3NO.4CH4/c1-12(2)13(3,4)18-14(17-12)9-7-6-8-10(15)11(9)16-5;1-14-12-6-9(13-14)7-4-3-5-8(11)10(7)15-2;8-4-2-1-3-5(11(12)13)6(4)14-7(9)10;8-4-2-1-3-5(11)6(4)12-7(9)10;7-4-2-1-3-5(6(4)9)8(10)11;1-3-10-12(9,11-4-2)5(6,7)8;1-7-5-2-3(4)6-7;3-1-2-4;;;;/h6-8H,15H2,1-5H3;3-6H,11H2,1-2H3;1-3,7H;1-3,7H,11H2;1-3,9H;3-4H2,1-2H3;2H,1H3;4H,2H2;4*1H4. The van der Waals surface area contributed by atoms with E-state index in [9.17, 15) is 51.1 Å². The Morgan fingerprint density at radius 1 is 0.680 bits per heavy atom. The first-order valence-corrected chi connectivity index (χ1v) is 31.4. The number of rotatable bonds is 15. The summed E-state index contributed by atoms with van der Waals surface area (Å²) in [5.41, 5.74) is 19.4. The number of halogens is 11. The summed E-state index contributed by atoms with van der Waals surface area (Å²) in [6, 6.07) is 25.4. The Morgan fingerprint density at radius 2 is 1.07 bits per heavy atom. The lowest BCUT2D eigenvalue weighted by Gasteiger charge is -2.32. The summed E-state index contributed by atoms with van der Waals surface area (Å²) in [4.78, 5) is 22.2. The number of para-hydroxylation sites is 5. The highest BCUT2D eigenvalue weighted by Gasteiger charge is 2.53. The van der Waals surface area contributed by atoms with Gasteiger partial charge in [0.2, 0.25) is 11.5 Å². The van der Waals surface area contributed by atoms with Crippen molar-refractivity contribution in [1.29, 1.82) is 5.26 Å². The normalized spacial score (nSPS) is 11.9. The largest absolute Gasteiger partial charge is 0.501 e. The van der Waals surface area contributed by atoms with Crippen LogP contribution in [0.4, 0.5) is 54.8 Å². The van der Waals surface area contributed by atoms with E-state index in [1.807, 2.05) is 67.9 Å². The Morgan fingerprint density at radius 3 is 1.43 bits per heavy atom. The summed E-state index contributed by atoms with van der Waals surface area (Å²) in [5.74, 6) is 0.437. The van der Waals surface area contributed by atoms with Crippen LogP contribution in [-0.4, -0.2) is 120 Å². The zero-order valence-electron chi connectivity index (χ0n) is 50.7. The third kappa shape index (κ3) is 31.7. The molecular weight excluding hydrogens is 1650 g/mol. The summed E-state index contributed by atoms with van der Waals surface area (Å²) in [6.07, 6.45) is 3.32. The molecule has 0 spiro atoms. The first-order chi connectivity index (χ1) is 43.3. The molecule has 8 N–H and O–H groups in total. The smallest absolute Gasteiger partial charge is 0.498 e. The van der Waals surface area contributed by atoms with Crippen LogP contribution in [0.25, 0.3) is 11.3 Å². The molecule has 0 amide bonds. The van der Waals surface area contributed by atoms with E-state index in [4.69, 9.17) is 51.5 Å². The van der Waals surface area contributed by atoms with Gasteiger partial charge >= 0.3 is 43.9 Å². The van der Waals surface area contributed by atoms with E-state index < -0.39 is 53.8 Å². The van der Waals surface area contributed by atoms with Gasteiger partial charge in [0.1, 0.15) is 22.7 Å². The van der Waals surface area contributed by atoms with Crippen molar-refractivity contribution in [3.63, 3.8) is 0 Å². The van der Waals surface area contributed by atoms with Gasteiger partial charge in [-0.15, -0.1) is 5.10 Å². The van der Waals surface area contributed by atoms with Gasteiger partial charge in [-0.05, 0) is 148 Å². The quantitative estimate of drug-likeness (QED) is 0.00930. The summed E-state index contributed by atoms with van der Waals surface area (Å²) < 4.78 is 121. The number of nitro groups is 2. The second kappa shape index (κ2) is 46.4. The molecule has 0 atom stereocenters. The van der Waals surface area contributed by atoms with Crippen molar-refractivity contribution in [3.8, 4) is 46.1 Å². The van der Waals surface area contributed by atoms with Gasteiger partial charge in [0.05, 0.1) is 97.4 Å². The number of hydrogen-bond donors (Lipinski definition) is 5. The lowest BCUT2D eigenvalue weighted by molar-refractivity contribution is -0.386. The van der Waals surface area contributed by atoms with E-state index in [1.165, 1.54) is 65.9 Å². The Kier molecular flexibility index (Phi) is 46.2. The van der Waals surface area contributed by atoms with Gasteiger partial charge in [0, 0.05) is 53.2 Å². The molecule has 542 valence electrons. The maximum Gasteiger partial charge on any atom is 0.498 e. The molecule has 0 unspecified atom stereocenters. The summed E-state index contributed by atoms with van der Waals surface area (Å²) in [5, 5.41) is 60.4. The van der Waals surface area contributed by atoms with E-state index in [0.29, 0.717) is 31.8 Å². The van der Waals surface area contributed by atoms with Gasteiger partial charge in [-0.3, -0.25) is 24.8 Å². The SMILES string of the molecule is C.C.C.C.CCOP(=O)(OCC)C(F)(F)Br.COc1c(N)cccc1-c1cnn(C)n1.COc1c(N)cccc1B1OC(C)(C)C(C)(C)O1.Cn1ncc(Br)n1.N#CCO.Nc1cccc(Br)c1OC(F)F.O=[N+]([O-])c1cccc(Br)c1O.O=[N+]([O-])c1cccc(Br)c1OC(F)F. The van der Waals surface area contributed by atoms with E-state index >= 15 is 0 Å². The number of aliphatic hydroxyl groups is 1. The number of phenols is 1. The fourth-order valence-electron chi connectivity index (χ4n) is 6.50. The number of nitriles is 1. The molecule has 0 radical (unpaired) electrons. The Bertz CT molecular complexity index is 3530. The molecule has 7 aromatic rings. The van der Waals surface area contributed by atoms with Gasteiger partial charge in [-0.2, -0.15) is 56.5 Å². The molecule has 2 aromatic heterocycles. The first kappa shape index (κ1) is 96.5. The van der Waals surface area contributed by atoms with Crippen LogP contribution in [0.5, 0.6) is 28.7 Å². The first-order valence-electron chi connectivity index (χ1n) is 25.8. The number of phenolic OH excluding ortho intramolecular Hbond substituents is 1. The van der Waals surface area contributed by atoms with Crippen LogP contribution in [0.3, 0.4) is 0 Å². The number of aryl methyl sites for hydroxylation is 2. The molecule has 97 heavy (non-hydrogen) atoms. The maximum atomic E-state index is 12.5. The van der Waals surface area contributed by atoms with Crippen LogP contribution >= 0.6 is 87.2 Å². The Hall–Kier alpha value is -6.86. The average Bonchev–Trinajstić information content (AvgIpc) is 1.61. The van der Waals surface area contributed by atoms with Crippen molar-refractivity contribution in [2.75, 3.05) is 51.2 Å². The predicted octanol–water partition coefficient (Wildman–Crippen LogP) is 16.1. The van der Waals surface area contributed by atoms with Crippen LogP contribution in [0.2, 0.25) is 0 Å². The second-order valence-corrected chi connectivity index (χ2v) is 25.2. The minimum Gasteiger partial charge on any atom is -0.501 e. The Labute approximate surface area is 601 Å². The topological polar surface area (TPSA) is 381 Å². The highest BCUT2D eigenvalue weighted by molar-refractivity contribution is 9.11. The van der Waals surface area contributed by atoms with Crippen molar-refractivity contribution in [2.24, 2.45) is 14.1 Å². The van der Waals surface area contributed by atoms with E-state index in [1.54, 1.807) is 65.0 Å². The molecule has 0 saturated carbocycles. The molecule has 27 nitrogen and oxygen atoms in total. The number of aliphatic hydroxyl groups excluding tert-OH is 1. The molecule has 1 fully saturated rings. The molecule has 0 bridgehead atoms. The zero-order valence-corrected chi connectivity index (χ0v) is 59.6. The third-order valence-electron chi connectivity index (χ3n) is 11.2. The van der Waals surface area contributed by atoms with Crippen molar-refractivity contribution in [3.05, 3.63) is 142 Å². The molecule has 3 heterocycles. The van der Waals surface area contributed by atoms with Crippen molar-refractivity contribution in [2.45, 2.75) is 100 Å². The van der Waals surface area contributed by atoms with E-state index in [-0.39, 0.29) is 88.1 Å². The number of anilines is 3. The summed E-state index contributed by atoms with van der Waals surface area (Å²) in [6.45, 7) is 4.51. The molecule has 1 aliphatic rings. The van der Waals surface area contributed by atoms with Gasteiger partial charge in [-0.25, -0.2) is 0 Å². The molecular formula is C57H79BBr5F6N12O15P. The number of nitrogens with two attached hydrogens (primary N) is 3. The minimum atomic E-state index is -4.32. The lowest BCUT2D eigenvalue weighted by Crippen LogP contribution is -2.41. The number of aromatic hydroxyl groups is 1. The van der Waals surface area contributed by atoms with Gasteiger partial charge in [0.25, 0.3) is 0 Å². The van der Waals surface area contributed by atoms with Gasteiger partial charge < -0.3 is 64.7 Å². The fraction of sp³-hybridized carbons (Fsp3) is 0.386. The molecule has 0 aliphatic carbocycles. The second-order valence-electron chi connectivity index (χ2n) is 18.1. The monoisotopic (exact) mass is 1720 g/mol. The minimum absolute atomic E-state index is 0. The van der Waals surface area contributed by atoms with Gasteiger partial charge in [-0.1, -0.05) is 66.1 Å². The van der Waals surface area contributed by atoms with Crippen LogP contribution in [0.15, 0.2) is 121 Å². The molecule has 5 aromatic carbocycles. The number of nitrogen functional groups attached to an aromatic ring is 3. The highest BCUT2D eigenvalue weighted by Crippen LogP contribution is 2.64. The molecule has 8 rings (SSSR count). The fourth-order valence-corrected chi connectivity index (χ4v) is 9.76. The lowest BCUT2D eigenvalue weighted by atomic mass is 9.78. The van der Waals surface area contributed by atoms with Crippen LogP contribution in [0.1, 0.15) is 71.2 Å². The van der Waals surface area contributed by atoms with E-state index in [2.05, 4.69) is 103 Å². The number of methoxy groups -OCH3 is 2. The zero-order chi connectivity index (χ0) is 71.2. The Balaban J connectivity index is -0.000000517. The number of benzene rings is 5. The van der Waals surface area contributed by atoms with Crippen LogP contribution in [-0.2, 0) is 37.0 Å². The number of alkyl halides is 7. The van der Waals surface area contributed by atoms with Crippen LogP contribution < -0.4 is 41.6 Å². The number of hydrogen-bond acceptors (Lipinski definition) is 23. The molecule has 1 aliphatic heterocycles. The predicted molar refractivity (Wildman–Crippen MR) is 379 cm³/mol. The van der Waals surface area contributed by atoms with Crippen LogP contribution in [0, 0.1) is 31.6 Å². The van der Waals surface area contributed by atoms with Crippen molar-refractivity contribution in [1.82, 2.24) is 30.0 Å². The number of nitro benzene ring substituents is 2. The average molecular weight is 1730 g/mol. The highest BCUT2D eigenvalue weighted by atomic mass is 79.9. The maximum absolute atomic E-state index is 12.5. The summed E-state index contributed by atoms with van der Waals surface area (Å²) >= 11 is 14.0. The van der Waals surface area contributed by atoms with Crippen molar-refractivity contribution >= 4 is 128 Å². The van der Waals surface area contributed by atoms with E-state index in [0.717, 1.165) is 27.4 Å². The summed E-state index contributed by atoms with van der Waals surface area (Å²) in [7, 11) is 1.95. The van der Waals surface area contributed by atoms with Gasteiger partial charge in [0.15, 0.2) is 11.5 Å². The number of nitrogens with zero attached hydrogens (tertiary/aromatic N) is 9.